The largest absolute Gasteiger partial charge is 0.489 e. The molecule has 0 bridgehead atoms. The van der Waals surface area contributed by atoms with Crippen LogP contribution in [0.15, 0.2) is 36.4 Å². The Bertz CT molecular complexity index is 711. The van der Waals surface area contributed by atoms with Gasteiger partial charge >= 0.3 is 0 Å². The molecule has 2 aromatic rings. The van der Waals surface area contributed by atoms with Gasteiger partial charge in [-0.3, -0.25) is 0 Å². The summed E-state index contributed by atoms with van der Waals surface area (Å²) in [4.78, 5) is 0. The van der Waals surface area contributed by atoms with Crippen LogP contribution in [0.2, 0.25) is 0 Å². The van der Waals surface area contributed by atoms with Gasteiger partial charge in [-0.1, -0.05) is 63.3 Å². The number of ether oxygens (including phenoxy) is 1. The van der Waals surface area contributed by atoms with Crippen LogP contribution in [-0.4, -0.2) is 0 Å². The summed E-state index contributed by atoms with van der Waals surface area (Å²) in [7, 11) is 0. The molecule has 0 heterocycles. The van der Waals surface area contributed by atoms with Crippen molar-refractivity contribution in [3.8, 4) is 5.75 Å². The van der Waals surface area contributed by atoms with Gasteiger partial charge in [-0.2, -0.15) is 0 Å². The van der Waals surface area contributed by atoms with E-state index in [2.05, 4.69) is 19.1 Å². The SMILES string of the molecule is CCC1CCC(CCc2ccc(COc3cc(F)c(F)c(F)c3)cc2)CC1. The van der Waals surface area contributed by atoms with Crippen LogP contribution >= 0.6 is 0 Å². The summed E-state index contributed by atoms with van der Waals surface area (Å²) in [6.45, 7) is 2.48. The van der Waals surface area contributed by atoms with Crippen molar-refractivity contribution in [2.24, 2.45) is 11.8 Å². The van der Waals surface area contributed by atoms with Gasteiger partial charge in [0.05, 0.1) is 0 Å². The zero-order chi connectivity index (χ0) is 19.2. The predicted molar refractivity (Wildman–Crippen MR) is 101 cm³/mol. The third kappa shape index (κ3) is 5.50. The highest BCUT2D eigenvalue weighted by Gasteiger charge is 2.19. The van der Waals surface area contributed by atoms with Gasteiger partial charge in [0.1, 0.15) is 12.4 Å². The second kappa shape index (κ2) is 9.29. The Morgan fingerprint density at radius 3 is 2.00 bits per heavy atom. The molecule has 0 aliphatic heterocycles. The average Bonchev–Trinajstić information content (AvgIpc) is 2.70. The number of rotatable bonds is 7. The average molecular weight is 376 g/mol. The van der Waals surface area contributed by atoms with Crippen molar-refractivity contribution in [3.05, 3.63) is 65.0 Å². The van der Waals surface area contributed by atoms with Crippen LogP contribution in [-0.2, 0) is 13.0 Å². The monoisotopic (exact) mass is 376 g/mol. The standard InChI is InChI=1S/C23H27F3O/c1-2-16-3-5-17(6-4-16)7-8-18-9-11-19(12-10-18)15-27-20-13-21(24)23(26)22(25)14-20/h9-14,16-17H,2-8,15H2,1H3. The van der Waals surface area contributed by atoms with Gasteiger partial charge in [0, 0.05) is 12.1 Å². The highest BCUT2D eigenvalue weighted by molar-refractivity contribution is 5.27. The van der Waals surface area contributed by atoms with E-state index in [-0.39, 0.29) is 12.4 Å². The minimum atomic E-state index is -1.48. The maximum atomic E-state index is 13.2. The molecule has 0 saturated heterocycles. The van der Waals surface area contributed by atoms with E-state index in [0.717, 1.165) is 36.0 Å². The van der Waals surface area contributed by atoms with Gasteiger partial charge < -0.3 is 4.74 Å². The molecule has 0 N–H and O–H groups in total. The Hall–Kier alpha value is -1.97. The molecule has 0 aromatic heterocycles. The fourth-order valence-electron chi connectivity index (χ4n) is 3.88. The molecule has 0 radical (unpaired) electrons. The first-order chi connectivity index (χ1) is 13.0. The molecule has 146 valence electrons. The highest BCUT2D eigenvalue weighted by atomic mass is 19.2. The Labute approximate surface area is 159 Å². The molecule has 0 atom stereocenters. The molecule has 0 amide bonds. The molecule has 27 heavy (non-hydrogen) atoms. The van der Waals surface area contributed by atoms with Crippen molar-refractivity contribution in [1.82, 2.24) is 0 Å². The zero-order valence-corrected chi connectivity index (χ0v) is 15.8. The minimum absolute atomic E-state index is 0.0156. The van der Waals surface area contributed by atoms with E-state index in [9.17, 15) is 13.2 Å². The van der Waals surface area contributed by atoms with Gasteiger partial charge in [-0.05, 0) is 35.8 Å². The van der Waals surface area contributed by atoms with Crippen molar-refractivity contribution in [2.45, 2.75) is 58.5 Å². The van der Waals surface area contributed by atoms with Gasteiger partial charge in [0.2, 0.25) is 0 Å². The maximum Gasteiger partial charge on any atom is 0.194 e. The zero-order valence-electron chi connectivity index (χ0n) is 15.8. The summed E-state index contributed by atoms with van der Waals surface area (Å²) < 4.78 is 44.7. The number of aryl methyl sites for hydroxylation is 1. The lowest BCUT2D eigenvalue weighted by atomic mass is 9.78. The first-order valence-corrected chi connectivity index (χ1v) is 9.90. The fraction of sp³-hybridized carbons (Fsp3) is 0.478. The fourth-order valence-corrected chi connectivity index (χ4v) is 3.88. The molecule has 1 nitrogen and oxygen atoms in total. The van der Waals surface area contributed by atoms with Crippen LogP contribution in [0.25, 0.3) is 0 Å². The van der Waals surface area contributed by atoms with Gasteiger partial charge in [-0.15, -0.1) is 0 Å². The second-order valence-electron chi connectivity index (χ2n) is 7.64. The molecule has 0 spiro atoms. The normalized spacial score (nSPS) is 19.9. The number of benzene rings is 2. The van der Waals surface area contributed by atoms with Crippen molar-refractivity contribution >= 4 is 0 Å². The molecule has 1 aliphatic carbocycles. The third-order valence-corrected chi connectivity index (χ3v) is 5.77. The summed E-state index contributed by atoms with van der Waals surface area (Å²) in [6, 6.07) is 9.84. The smallest absolute Gasteiger partial charge is 0.194 e. The van der Waals surface area contributed by atoms with Crippen LogP contribution in [0.1, 0.15) is 56.6 Å². The van der Waals surface area contributed by atoms with Gasteiger partial charge in [0.15, 0.2) is 17.5 Å². The van der Waals surface area contributed by atoms with E-state index in [1.54, 1.807) is 0 Å². The van der Waals surface area contributed by atoms with Crippen molar-refractivity contribution in [1.29, 1.82) is 0 Å². The number of hydrogen-bond donors (Lipinski definition) is 0. The van der Waals surface area contributed by atoms with E-state index in [4.69, 9.17) is 4.74 Å². The molecule has 0 unspecified atom stereocenters. The summed E-state index contributed by atoms with van der Waals surface area (Å²) in [5, 5.41) is 0. The van der Waals surface area contributed by atoms with E-state index < -0.39 is 17.5 Å². The van der Waals surface area contributed by atoms with Gasteiger partial charge in [-0.25, -0.2) is 13.2 Å². The maximum absolute atomic E-state index is 13.2. The summed E-state index contributed by atoms with van der Waals surface area (Å²) in [5.41, 5.74) is 2.21. The van der Waals surface area contributed by atoms with Crippen LogP contribution in [0, 0.1) is 29.3 Å². The Morgan fingerprint density at radius 2 is 1.41 bits per heavy atom. The van der Waals surface area contributed by atoms with Crippen molar-refractivity contribution in [3.63, 3.8) is 0 Å². The summed E-state index contributed by atoms with van der Waals surface area (Å²) in [6.07, 6.45) is 9.10. The highest BCUT2D eigenvalue weighted by Crippen LogP contribution is 2.33. The minimum Gasteiger partial charge on any atom is -0.489 e. The molecule has 2 aromatic carbocycles. The summed E-state index contributed by atoms with van der Waals surface area (Å²) >= 11 is 0. The molecular weight excluding hydrogens is 349 g/mol. The van der Waals surface area contributed by atoms with Crippen molar-refractivity contribution < 1.29 is 17.9 Å². The van der Waals surface area contributed by atoms with E-state index in [1.165, 1.54) is 44.1 Å². The molecular formula is C23H27F3O. The summed E-state index contributed by atoms with van der Waals surface area (Å²) in [5.74, 6) is -2.20. The lowest BCUT2D eigenvalue weighted by molar-refractivity contribution is 0.259. The first kappa shape index (κ1) is 19.8. The number of halogens is 3. The van der Waals surface area contributed by atoms with Crippen LogP contribution in [0.4, 0.5) is 13.2 Å². The van der Waals surface area contributed by atoms with E-state index >= 15 is 0 Å². The molecule has 1 saturated carbocycles. The molecule has 4 heteroatoms. The molecule has 1 aliphatic rings. The topological polar surface area (TPSA) is 9.23 Å². The van der Waals surface area contributed by atoms with Gasteiger partial charge in [0.25, 0.3) is 0 Å². The van der Waals surface area contributed by atoms with Crippen molar-refractivity contribution in [2.75, 3.05) is 0 Å². The first-order valence-electron chi connectivity index (χ1n) is 9.90. The second-order valence-corrected chi connectivity index (χ2v) is 7.64. The quantitative estimate of drug-likeness (QED) is 0.481. The predicted octanol–water partition coefficient (Wildman–Crippen LogP) is 6.83. The Morgan fingerprint density at radius 1 is 0.852 bits per heavy atom. The van der Waals surface area contributed by atoms with Crippen LogP contribution in [0.3, 0.4) is 0 Å². The lowest BCUT2D eigenvalue weighted by Crippen LogP contribution is -2.14. The van der Waals surface area contributed by atoms with Crippen LogP contribution in [0.5, 0.6) is 5.75 Å². The van der Waals surface area contributed by atoms with Crippen LogP contribution < -0.4 is 4.74 Å². The lowest BCUT2D eigenvalue weighted by Gasteiger charge is -2.27. The Balaban J connectivity index is 1.46. The molecule has 1 fully saturated rings. The van der Waals surface area contributed by atoms with E-state index in [1.807, 2.05) is 12.1 Å². The molecule has 3 rings (SSSR count). The number of hydrogen-bond acceptors (Lipinski definition) is 1. The third-order valence-electron chi connectivity index (χ3n) is 5.77. The Kier molecular flexibility index (Phi) is 6.81. The van der Waals surface area contributed by atoms with E-state index in [0.29, 0.717) is 0 Å².